The van der Waals surface area contributed by atoms with E-state index < -0.39 is 0 Å². The molecule has 0 radical (unpaired) electrons. The number of aromatic nitrogens is 1. The van der Waals surface area contributed by atoms with E-state index >= 15 is 0 Å². The predicted molar refractivity (Wildman–Crippen MR) is 73.5 cm³/mol. The molecule has 18 heavy (non-hydrogen) atoms. The highest BCUT2D eigenvalue weighted by atomic mass is 32.2. The van der Waals surface area contributed by atoms with Gasteiger partial charge >= 0.3 is 0 Å². The molecule has 0 aromatic carbocycles. The largest absolute Gasteiger partial charge is 0.393 e. The van der Waals surface area contributed by atoms with Crippen LogP contribution in [0.3, 0.4) is 0 Å². The number of thioether (sulfide) groups is 1. The molecule has 0 spiro atoms. The molecule has 1 rings (SSSR count). The van der Waals surface area contributed by atoms with Crippen LogP contribution in [0, 0.1) is 0 Å². The SMILES string of the molecule is CCC(O)CCNC(=O)C(C)Sc1ccccn1. The van der Waals surface area contributed by atoms with E-state index in [9.17, 15) is 9.90 Å². The van der Waals surface area contributed by atoms with Crippen molar-refractivity contribution < 1.29 is 9.90 Å². The zero-order valence-electron chi connectivity index (χ0n) is 10.8. The van der Waals surface area contributed by atoms with Crippen molar-refractivity contribution in [3.63, 3.8) is 0 Å². The molecule has 1 aromatic rings. The average Bonchev–Trinajstić information content (AvgIpc) is 2.39. The highest BCUT2D eigenvalue weighted by Crippen LogP contribution is 2.20. The molecule has 2 N–H and O–H groups in total. The summed E-state index contributed by atoms with van der Waals surface area (Å²) >= 11 is 1.43. The van der Waals surface area contributed by atoms with Gasteiger partial charge in [-0.2, -0.15) is 0 Å². The third kappa shape index (κ3) is 5.51. The Morgan fingerprint density at radius 1 is 1.56 bits per heavy atom. The fourth-order valence-corrected chi connectivity index (χ4v) is 2.19. The highest BCUT2D eigenvalue weighted by molar-refractivity contribution is 8.00. The molecule has 0 bridgehead atoms. The molecule has 0 saturated carbocycles. The molecule has 0 aliphatic heterocycles. The van der Waals surface area contributed by atoms with Crippen LogP contribution in [-0.2, 0) is 4.79 Å². The zero-order chi connectivity index (χ0) is 13.4. The molecule has 0 aliphatic rings. The number of carbonyl (C=O) groups is 1. The van der Waals surface area contributed by atoms with Crippen molar-refractivity contribution in [1.82, 2.24) is 10.3 Å². The molecule has 4 nitrogen and oxygen atoms in total. The first-order chi connectivity index (χ1) is 8.63. The van der Waals surface area contributed by atoms with Gasteiger partial charge in [0.15, 0.2) is 0 Å². The fraction of sp³-hybridized carbons (Fsp3) is 0.538. The van der Waals surface area contributed by atoms with Crippen molar-refractivity contribution in [2.45, 2.75) is 43.1 Å². The number of nitrogens with zero attached hydrogens (tertiary/aromatic N) is 1. The van der Waals surface area contributed by atoms with Gasteiger partial charge in [0.1, 0.15) is 0 Å². The number of rotatable bonds is 7. The number of hydrogen-bond donors (Lipinski definition) is 2. The summed E-state index contributed by atoms with van der Waals surface area (Å²) < 4.78 is 0. The van der Waals surface area contributed by atoms with E-state index in [4.69, 9.17) is 0 Å². The second-order valence-corrected chi connectivity index (χ2v) is 5.43. The van der Waals surface area contributed by atoms with Gasteiger partial charge in [0, 0.05) is 12.7 Å². The Bertz CT molecular complexity index is 359. The van der Waals surface area contributed by atoms with E-state index in [1.54, 1.807) is 6.20 Å². The molecule has 0 saturated heterocycles. The first kappa shape index (κ1) is 15.0. The second-order valence-electron chi connectivity index (χ2n) is 4.07. The van der Waals surface area contributed by atoms with Crippen LogP contribution in [0.25, 0.3) is 0 Å². The lowest BCUT2D eigenvalue weighted by atomic mass is 10.2. The summed E-state index contributed by atoms with van der Waals surface area (Å²) in [5.74, 6) is -0.0195. The summed E-state index contributed by atoms with van der Waals surface area (Å²) in [6, 6.07) is 5.63. The summed E-state index contributed by atoms with van der Waals surface area (Å²) in [7, 11) is 0. The van der Waals surface area contributed by atoms with E-state index in [2.05, 4.69) is 10.3 Å². The first-order valence-corrected chi connectivity index (χ1v) is 7.05. The monoisotopic (exact) mass is 268 g/mol. The number of aliphatic hydroxyl groups is 1. The lowest BCUT2D eigenvalue weighted by Crippen LogP contribution is -2.33. The van der Waals surface area contributed by atoms with Gasteiger partial charge in [-0.1, -0.05) is 24.8 Å². The van der Waals surface area contributed by atoms with Gasteiger partial charge in [-0.05, 0) is 31.9 Å². The lowest BCUT2D eigenvalue weighted by Gasteiger charge is -2.12. The van der Waals surface area contributed by atoms with Gasteiger partial charge in [-0.15, -0.1) is 0 Å². The van der Waals surface area contributed by atoms with Crippen LogP contribution in [0.4, 0.5) is 0 Å². The van der Waals surface area contributed by atoms with Crippen LogP contribution in [0.5, 0.6) is 0 Å². The summed E-state index contributed by atoms with van der Waals surface area (Å²) in [6.07, 6.45) is 2.70. The van der Waals surface area contributed by atoms with Crippen LogP contribution in [-0.4, -0.2) is 33.9 Å². The average molecular weight is 268 g/mol. The number of nitrogens with one attached hydrogen (secondary N) is 1. The standard InChI is InChI=1S/C13H20N2O2S/c1-3-11(16)7-9-15-13(17)10(2)18-12-6-4-5-8-14-12/h4-6,8,10-11,16H,3,7,9H2,1-2H3,(H,15,17). The maximum absolute atomic E-state index is 11.8. The highest BCUT2D eigenvalue weighted by Gasteiger charge is 2.14. The van der Waals surface area contributed by atoms with Gasteiger partial charge in [0.2, 0.25) is 5.91 Å². The molecular formula is C13H20N2O2S. The van der Waals surface area contributed by atoms with Crippen molar-refractivity contribution in [3.05, 3.63) is 24.4 Å². The van der Waals surface area contributed by atoms with E-state index in [1.165, 1.54) is 11.8 Å². The summed E-state index contributed by atoms with van der Waals surface area (Å²) in [6.45, 7) is 4.29. The van der Waals surface area contributed by atoms with E-state index in [-0.39, 0.29) is 17.3 Å². The Kier molecular flexibility index (Phi) is 6.75. The fourth-order valence-electron chi connectivity index (χ4n) is 1.36. The quantitative estimate of drug-likeness (QED) is 0.741. The molecule has 2 unspecified atom stereocenters. The van der Waals surface area contributed by atoms with Crippen molar-refractivity contribution in [2.24, 2.45) is 0 Å². The van der Waals surface area contributed by atoms with Crippen LogP contribution in [0.2, 0.25) is 0 Å². The van der Waals surface area contributed by atoms with Crippen LogP contribution in [0.15, 0.2) is 29.4 Å². The van der Waals surface area contributed by atoms with Gasteiger partial charge in [0.25, 0.3) is 0 Å². The Hall–Kier alpha value is -1.07. The molecule has 1 aromatic heterocycles. The second kappa shape index (κ2) is 8.11. The summed E-state index contributed by atoms with van der Waals surface area (Å²) in [5, 5.41) is 12.9. The number of hydrogen-bond acceptors (Lipinski definition) is 4. The number of pyridine rings is 1. The maximum atomic E-state index is 11.8. The predicted octanol–water partition coefficient (Wildman–Crippen LogP) is 1.84. The number of aliphatic hydroxyl groups excluding tert-OH is 1. The van der Waals surface area contributed by atoms with E-state index in [0.717, 1.165) is 5.03 Å². The molecule has 0 aliphatic carbocycles. The Labute approximate surface area is 112 Å². The molecule has 0 fully saturated rings. The molecule has 1 amide bonds. The minimum Gasteiger partial charge on any atom is -0.393 e. The molecule has 5 heteroatoms. The maximum Gasteiger partial charge on any atom is 0.233 e. The van der Waals surface area contributed by atoms with Gasteiger partial charge in [0.05, 0.1) is 16.4 Å². The Morgan fingerprint density at radius 2 is 2.33 bits per heavy atom. The van der Waals surface area contributed by atoms with Crippen molar-refractivity contribution in [3.8, 4) is 0 Å². The topological polar surface area (TPSA) is 62.2 Å². The first-order valence-electron chi connectivity index (χ1n) is 6.17. The van der Waals surface area contributed by atoms with Crippen LogP contribution >= 0.6 is 11.8 Å². The van der Waals surface area contributed by atoms with E-state index in [0.29, 0.717) is 19.4 Å². The van der Waals surface area contributed by atoms with Crippen molar-refractivity contribution in [1.29, 1.82) is 0 Å². The summed E-state index contributed by atoms with van der Waals surface area (Å²) in [5.41, 5.74) is 0. The molecule has 2 atom stereocenters. The molecule has 1 heterocycles. The minimum absolute atomic E-state index is 0.0195. The zero-order valence-corrected chi connectivity index (χ0v) is 11.6. The number of amides is 1. The van der Waals surface area contributed by atoms with E-state index in [1.807, 2.05) is 32.0 Å². The molecule has 100 valence electrons. The smallest absolute Gasteiger partial charge is 0.233 e. The van der Waals surface area contributed by atoms with Crippen LogP contribution < -0.4 is 5.32 Å². The van der Waals surface area contributed by atoms with Gasteiger partial charge < -0.3 is 10.4 Å². The minimum atomic E-state index is -0.330. The van der Waals surface area contributed by atoms with Crippen molar-refractivity contribution in [2.75, 3.05) is 6.54 Å². The van der Waals surface area contributed by atoms with Gasteiger partial charge in [-0.25, -0.2) is 4.98 Å². The van der Waals surface area contributed by atoms with Crippen molar-refractivity contribution >= 4 is 17.7 Å². The Morgan fingerprint density at radius 3 is 2.94 bits per heavy atom. The normalized spacial score (nSPS) is 13.9. The third-order valence-corrected chi connectivity index (χ3v) is 3.60. The van der Waals surface area contributed by atoms with Gasteiger partial charge in [-0.3, -0.25) is 4.79 Å². The molecular weight excluding hydrogens is 248 g/mol. The lowest BCUT2D eigenvalue weighted by molar-refractivity contribution is -0.120. The van der Waals surface area contributed by atoms with Crippen LogP contribution in [0.1, 0.15) is 26.7 Å². The Balaban J connectivity index is 2.29. The number of carbonyl (C=O) groups excluding carboxylic acids is 1. The summed E-state index contributed by atoms with van der Waals surface area (Å²) in [4.78, 5) is 15.9. The third-order valence-electron chi connectivity index (χ3n) is 2.55.